The molecular formula is C21H31N3O4S. The highest BCUT2D eigenvalue weighted by molar-refractivity contribution is 7.90. The van der Waals surface area contributed by atoms with Crippen molar-refractivity contribution in [3.05, 3.63) is 28.7 Å². The third-order valence-electron chi connectivity index (χ3n) is 6.24. The minimum Gasteiger partial charge on any atom is -0.329 e. The highest BCUT2D eigenvalue weighted by Gasteiger charge is 2.37. The number of nitrogens with two attached hydrogens (primary N) is 1. The van der Waals surface area contributed by atoms with Gasteiger partial charge in [0.15, 0.2) is 9.84 Å². The topological polar surface area (TPSA) is 104 Å². The maximum absolute atomic E-state index is 13.6. The van der Waals surface area contributed by atoms with Crippen LogP contribution in [-0.4, -0.2) is 36.3 Å². The van der Waals surface area contributed by atoms with Crippen LogP contribution in [-0.2, 0) is 16.4 Å². The van der Waals surface area contributed by atoms with E-state index in [0.717, 1.165) is 25.5 Å². The lowest BCUT2D eigenvalue weighted by Crippen LogP contribution is -2.40. The number of rotatable bonds is 5. The number of sulfone groups is 1. The zero-order valence-electron chi connectivity index (χ0n) is 17.6. The molecule has 1 aromatic heterocycles. The first-order valence-electron chi connectivity index (χ1n) is 10.3. The van der Waals surface area contributed by atoms with Gasteiger partial charge in [0.1, 0.15) is 0 Å². The van der Waals surface area contributed by atoms with Crippen LogP contribution < -0.4 is 11.4 Å². The van der Waals surface area contributed by atoms with Gasteiger partial charge >= 0.3 is 5.69 Å². The van der Waals surface area contributed by atoms with E-state index in [1.54, 1.807) is 6.07 Å². The molecule has 7 nitrogen and oxygen atoms in total. The predicted octanol–water partition coefficient (Wildman–Crippen LogP) is 2.51. The quantitative estimate of drug-likeness (QED) is 0.799. The van der Waals surface area contributed by atoms with Crippen molar-refractivity contribution in [2.24, 2.45) is 29.4 Å². The summed E-state index contributed by atoms with van der Waals surface area (Å²) in [5.41, 5.74) is 6.12. The van der Waals surface area contributed by atoms with E-state index in [0.29, 0.717) is 22.9 Å². The summed E-state index contributed by atoms with van der Waals surface area (Å²) in [7, 11) is -3.44. The maximum atomic E-state index is 13.6. The summed E-state index contributed by atoms with van der Waals surface area (Å²) < 4.78 is 26.6. The number of fused-ring (bicyclic) bond motifs is 1. The molecule has 0 amide bonds. The number of aromatic nitrogens is 2. The van der Waals surface area contributed by atoms with Crippen LogP contribution in [0.1, 0.15) is 44.8 Å². The van der Waals surface area contributed by atoms with Gasteiger partial charge in [0.2, 0.25) is 5.91 Å². The lowest BCUT2D eigenvalue weighted by molar-refractivity contribution is 0.0633. The molecule has 8 heteroatoms. The first-order chi connectivity index (χ1) is 13.6. The molecule has 160 valence electrons. The molecule has 1 aromatic carbocycles. The SMILES string of the molecule is CC(C)[C@@H]1CC[C@@H](C)CC1C(=O)n1c(=O)n(CCN)c2cc(S(C)(=O)=O)ccc21. The first kappa shape index (κ1) is 21.8. The van der Waals surface area contributed by atoms with Crippen molar-refractivity contribution in [2.75, 3.05) is 12.8 Å². The second-order valence-corrected chi connectivity index (χ2v) is 10.8. The predicted molar refractivity (Wildman–Crippen MR) is 114 cm³/mol. The van der Waals surface area contributed by atoms with Crippen molar-refractivity contribution >= 4 is 26.8 Å². The van der Waals surface area contributed by atoms with Crippen molar-refractivity contribution < 1.29 is 13.2 Å². The fourth-order valence-electron chi connectivity index (χ4n) is 4.68. The van der Waals surface area contributed by atoms with E-state index in [1.807, 2.05) is 0 Å². The highest BCUT2D eigenvalue weighted by atomic mass is 32.2. The Morgan fingerprint density at radius 3 is 2.52 bits per heavy atom. The minimum atomic E-state index is -3.44. The van der Waals surface area contributed by atoms with Crippen molar-refractivity contribution in [1.29, 1.82) is 0 Å². The molecular weight excluding hydrogens is 390 g/mol. The van der Waals surface area contributed by atoms with Gasteiger partial charge in [0.25, 0.3) is 0 Å². The van der Waals surface area contributed by atoms with E-state index in [2.05, 4.69) is 20.8 Å². The molecule has 1 fully saturated rings. The number of carbonyl (C=O) groups excluding carboxylic acids is 1. The number of nitrogens with zero attached hydrogens (tertiary/aromatic N) is 2. The zero-order valence-corrected chi connectivity index (χ0v) is 18.4. The second-order valence-electron chi connectivity index (χ2n) is 8.75. The molecule has 29 heavy (non-hydrogen) atoms. The molecule has 1 heterocycles. The van der Waals surface area contributed by atoms with Crippen molar-refractivity contribution in [3.63, 3.8) is 0 Å². The third-order valence-corrected chi connectivity index (χ3v) is 7.35. The van der Waals surface area contributed by atoms with E-state index in [4.69, 9.17) is 5.73 Å². The van der Waals surface area contributed by atoms with Crippen LogP contribution in [0.4, 0.5) is 0 Å². The Morgan fingerprint density at radius 1 is 1.24 bits per heavy atom. The number of imidazole rings is 1. The summed E-state index contributed by atoms with van der Waals surface area (Å²) in [4.78, 5) is 26.9. The van der Waals surface area contributed by atoms with Crippen LogP contribution >= 0.6 is 0 Å². The van der Waals surface area contributed by atoms with Crippen molar-refractivity contribution in [3.8, 4) is 0 Å². The summed E-state index contributed by atoms with van der Waals surface area (Å²) in [5.74, 6) is 0.607. The molecule has 0 aliphatic heterocycles. The average molecular weight is 422 g/mol. The fraction of sp³-hybridized carbons (Fsp3) is 0.619. The van der Waals surface area contributed by atoms with Gasteiger partial charge in [-0.05, 0) is 48.8 Å². The molecule has 1 aliphatic carbocycles. The van der Waals surface area contributed by atoms with E-state index < -0.39 is 15.5 Å². The maximum Gasteiger partial charge on any atom is 0.336 e. The second kappa shape index (κ2) is 8.07. The first-order valence-corrected chi connectivity index (χ1v) is 12.1. The van der Waals surface area contributed by atoms with Gasteiger partial charge in [-0.15, -0.1) is 0 Å². The third kappa shape index (κ3) is 4.05. The molecule has 3 rings (SSSR count). The molecule has 1 unspecified atom stereocenters. The minimum absolute atomic E-state index is 0.117. The fourth-order valence-corrected chi connectivity index (χ4v) is 5.32. The largest absolute Gasteiger partial charge is 0.336 e. The van der Waals surface area contributed by atoms with Gasteiger partial charge in [-0.2, -0.15) is 0 Å². The van der Waals surface area contributed by atoms with Gasteiger partial charge in [-0.1, -0.05) is 27.2 Å². The number of hydrogen-bond acceptors (Lipinski definition) is 5. The van der Waals surface area contributed by atoms with Crippen LogP contribution in [0.3, 0.4) is 0 Å². The lowest BCUT2D eigenvalue weighted by atomic mass is 9.69. The van der Waals surface area contributed by atoms with Crippen LogP contribution in [0.2, 0.25) is 0 Å². The Hall–Kier alpha value is -1.93. The molecule has 1 saturated carbocycles. The van der Waals surface area contributed by atoms with Gasteiger partial charge in [-0.25, -0.2) is 17.8 Å². The van der Waals surface area contributed by atoms with Crippen molar-refractivity contribution in [2.45, 2.75) is 51.5 Å². The molecule has 0 radical (unpaired) electrons. The average Bonchev–Trinajstić information content (AvgIpc) is 2.91. The van der Waals surface area contributed by atoms with E-state index in [1.165, 1.54) is 21.3 Å². The monoisotopic (exact) mass is 421 g/mol. The van der Waals surface area contributed by atoms with Crippen LogP contribution in [0.25, 0.3) is 11.0 Å². The van der Waals surface area contributed by atoms with Gasteiger partial charge in [0, 0.05) is 25.3 Å². The van der Waals surface area contributed by atoms with Crippen LogP contribution in [0.5, 0.6) is 0 Å². The van der Waals surface area contributed by atoms with Gasteiger partial charge < -0.3 is 5.73 Å². The summed E-state index contributed by atoms with van der Waals surface area (Å²) >= 11 is 0. The summed E-state index contributed by atoms with van der Waals surface area (Å²) in [6, 6.07) is 4.49. The summed E-state index contributed by atoms with van der Waals surface area (Å²) in [5, 5.41) is 0. The molecule has 0 bridgehead atoms. The van der Waals surface area contributed by atoms with E-state index >= 15 is 0 Å². The zero-order chi connectivity index (χ0) is 21.5. The Morgan fingerprint density at radius 2 is 1.93 bits per heavy atom. The molecule has 2 N–H and O–H groups in total. The van der Waals surface area contributed by atoms with Crippen molar-refractivity contribution in [1.82, 2.24) is 9.13 Å². The Balaban J connectivity index is 2.19. The molecule has 3 atom stereocenters. The Kier molecular flexibility index (Phi) is 6.06. The molecule has 0 spiro atoms. The smallest absolute Gasteiger partial charge is 0.329 e. The van der Waals surface area contributed by atoms with Crippen LogP contribution in [0.15, 0.2) is 27.9 Å². The van der Waals surface area contributed by atoms with E-state index in [-0.39, 0.29) is 35.7 Å². The summed E-state index contributed by atoms with van der Waals surface area (Å²) in [6.07, 6.45) is 3.95. The van der Waals surface area contributed by atoms with Gasteiger partial charge in [0.05, 0.1) is 15.9 Å². The van der Waals surface area contributed by atoms with Crippen LogP contribution in [0, 0.1) is 23.7 Å². The number of carbonyl (C=O) groups is 1. The molecule has 2 aromatic rings. The standard InChI is InChI=1S/C21H31N3O4S/c1-13(2)16-7-5-14(3)11-17(16)20(25)24-18-8-6-15(29(4,27)28)12-19(18)23(10-9-22)21(24)26/h6,8,12-14,16-17H,5,7,9-11,22H2,1-4H3/t14-,16+,17?/m1/s1. The molecule has 0 saturated heterocycles. The summed E-state index contributed by atoms with van der Waals surface area (Å²) in [6.45, 7) is 6.83. The Labute approximate surface area is 171 Å². The normalized spacial score (nSPS) is 23.0. The molecule has 1 aliphatic rings. The van der Waals surface area contributed by atoms with E-state index in [9.17, 15) is 18.0 Å². The Bertz CT molecular complexity index is 1080. The highest BCUT2D eigenvalue weighted by Crippen LogP contribution is 2.39. The number of hydrogen-bond donors (Lipinski definition) is 1. The number of benzene rings is 1. The lowest BCUT2D eigenvalue weighted by Gasteiger charge is -2.36. The van der Waals surface area contributed by atoms with Gasteiger partial charge in [-0.3, -0.25) is 9.36 Å².